The zero-order valence-corrected chi connectivity index (χ0v) is 7.23. The van der Waals surface area contributed by atoms with Gasteiger partial charge < -0.3 is 10.2 Å². The molecule has 11 heavy (non-hydrogen) atoms. The summed E-state index contributed by atoms with van der Waals surface area (Å²) in [6.45, 7) is 5.45. The molecule has 1 rings (SSSR count). The van der Waals surface area contributed by atoms with Crippen LogP contribution >= 0.6 is 12.4 Å². The zero-order valence-electron chi connectivity index (χ0n) is 6.41. The number of rotatable bonds is 2. The van der Waals surface area contributed by atoms with Crippen molar-refractivity contribution < 1.29 is 4.42 Å². The fraction of sp³-hybridized carbons (Fsp3) is 0.250. The molecule has 0 fully saturated rings. The summed E-state index contributed by atoms with van der Waals surface area (Å²) in [7, 11) is 0. The molecule has 0 spiro atoms. The molecule has 0 radical (unpaired) electrons. The van der Waals surface area contributed by atoms with Gasteiger partial charge in [0.25, 0.3) is 0 Å². The van der Waals surface area contributed by atoms with Crippen LogP contribution in [-0.2, 0) is 0 Å². The van der Waals surface area contributed by atoms with E-state index >= 15 is 0 Å². The van der Waals surface area contributed by atoms with E-state index in [1.54, 1.807) is 6.08 Å². The van der Waals surface area contributed by atoms with Crippen molar-refractivity contribution in [2.75, 3.05) is 0 Å². The van der Waals surface area contributed by atoms with Crippen LogP contribution in [0.15, 0.2) is 29.2 Å². The monoisotopic (exact) mass is 173 g/mol. The van der Waals surface area contributed by atoms with Crippen LogP contribution < -0.4 is 5.73 Å². The van der Waals surface area contributed by atoms with E-state index in [-0.39, 0.29) is 18.4 Å². The molecule has 0 aliphatic carbocycles. The zero-order chi connectivity index (χ0) is 7.56. The second-order valence-electron chi connectivity index (χ2n) is 2.21. The molecule has 0 amide bonds. The van der Waals surface area contributed by atoms with Gasteiger partial charge in [0.2, 0.25) is 0 Å². The Bertz CT molecular complexity index is 232. The van der Waals surface area contributed by atoms with Crippen LogP contribution in [0.25, 0.3) is 0 Å². The van der Waals surface area contributed by atoms with Crippen molar-refractivity contribution in [1.82, 2.24) is 0 Å². The van der Waals surface area contributed by atoms with Gasteiger partial charge in [-0.3, -0.25) is 0 Å². The third-order valence-electron chi connectivity index (χ3n) is 1.34. The van der Waals surface area contributed by atoms with E-state index in [9.17, 15) is 0 Å². The van der Waals surface area contributed by atoms with Crippen molar-refractivity contribution in [3.63, 3.8) is 0 Å². The number of nitrogens with two attached hydrogens (primary N) is 1. The summed E-state index contributed by atoms with van der Waals surface area (Å²) in [5.41, 5.74) is 5.60. The summed E-state index contributed by atoms with van der Waals surface area (Å²) in [6.07, 6.45) is 1.65. The number of aryl methyl sites for hydroxylation is 1. The molecule has 1 heterocycles. The van der Waals surface area contributed by atoms with E-state index in [0.29, 0.717) is 0 Å². The molecule has 1 atom stereocenters. The van der Waals surface area contributed by atoms with Gasteiger partial charge in [-0.1, -0.05) is 6.08 Å². The van der Waals surface area contributed by atoms with Crippen molar-refractivity contribution in [1.29, 1.82) is 0 Å². The van der Waals surface area contributed by atoms with E-state index in [4.69, 9.17) is 10.2 Å². The quantitative estimate of drug-likeness (QED) is 0.697. The normalized spacial score (nSPS) is 11.8. The van der Waals surface area contributed by atoms with Crippen molar-refractivity contribution in [3.8, 4) is 0 Å². The molecular formula is C8H12ClNO. The molecule has 1 aromatic heterocycles. The van der Waals surface area contributed by atoms with E-state index in [1.165, 1.54) is 0 Å². The van der Waals surface area contributed by atoms with Crippen LogP contribution in [0.4, 0.5) is 0 Å². The number of halogens is 1. The first-order valence-electron chi connectivity index (χ1n) is 3.18. The molecule has 2 N–H and O–H groups in total. The first kappa shape index (κ1) is 10.3. The summed E-state index contributed by atoms with van der Waals surface area (Å²) in [5.74, 6) is 1.65. The summed E-state index contributed by atoms with van der Waals surface area (Å²) >= 11 is 0. The fourth-order valence-electron chi connectivity index (χ4n) is 0.749. The molecule has 0 bridgehead atoms. The van der Waals surface area contributed by atoms with Gasteiger partial charge in [-0.05, 0) is 19.1 Å². The highest BCUT2D eigenvalue weighted by Gasteiger charge is 2.03. The predicted molar refractivity (Wildman–Crippen MR) is 47.8 cm³/mol. The molecule has 0 saturated carbocycles. The van der Waals surface area contributed by atoms with Gasteiger partial charge in [0.05, 0.1) is 6.04 Å². The molecule has 0 unspecified atom stereocenters. The van der Waals surface area contributed by atoms with E-state index in [2.05, 4.69) is 6.58 Å². The lowest BCUT2D eigenvalue weighted by atomic mass is 10.2. The van der Waals surface area contributed by atoms with Crippen LogP contribution in [0, 0.1) is 6.92 Å². The van der Waals surface area contributed by atoms with Crippen LogP contribution in [0.3, 0.4) is 0 Å². The number of hydrogen-bond donors (Lipinski definition) is 1. The molecule has 0 saturated heterocycles. The minimum absolute atomic E-state index is 0. The first-order valence-corrected chi connectivity index (χ1v) is 3.18. The van der Waals surface area contributed by atoms with E-state index < -0.39 is 0 Å². The Kier molecular flexibility index (Phi) is 3.93. The van der Waals surface area contributed by atoms with Gasteiger partial charge in [-0.2, -0.15) is 0 Å². The lowest BCUT2D eigenvalue weighted by molar-refractivity contribution is 0.470. The molecule has 3 heteroatoms. The fourth-order valence-corrected chi connectivity index (χ4v) is 0.749. The Morgan fingerprint density at radius 1 is 1.64 bits per heavy atom. The van der Waals surface area contributed by atoms with Gasteiger partial charge in [-0.25, -0.2) is 0 Å². The minimum atomic E-state index is -0.173. The molecule has 62 valence electrons. The van der Waals surface area contributed by atoms with Crippen LogP contribution in [0.1, 0.15) is 17.6 Å². The van der Waals surface area contributed by atoms with Gasteiger partial charge in [-0.15, -0.1) is 19.0 Å². The highest BCUT2D eigenvalue weighted by Crippen LogP contribution is 2.13. The Morgan fingerprint density at radius 3 is 2.64 bits per heavy atom. The molecule has 1 aromatic rings. The third-order valence-corrected chi connectivity index (χ3v) is 1.34. The predicted octanol–water partition coefficient (Wildman–Crippen LogP) is 2.20. The summed E-state index contributed by atoms with van der Waals surface area (Å²) in [4.78, 5) is 0. The minimum Gasteiger partial charge on any atom is -0.464 e. The van der Waals surface area contributed by atoms with Crippen LogP contribution in [0.2, 0.25) is 0 Å². The Hall–Kier alpha value is -0.730. The Morgan fingerprint density at radius 2 is 2.27 bits per heavy atom. The molecular weight excluding hydrogens is 162 g/mol. The van der Waals surface area contributed by atoms with Crippen LogP contribution in [0.5, 0.6) is 0 Å². The molecule has 0 aromatic carbocycles. The van der Waals surface area contributed by atoms with Gasteiger partial charge in [0, 0.05) is 0 Å². The SMILES string of the molecule is C=C[C@H](N)c1ccc(C)o1.Cl. The smallest absolute Gasteiger partial charge is 0.124 e. The average molecular weight is 174 g/mol. The van der Waals surface area contributed by atoms with Gasteiger partial charge in [0.15, 0.2) is 0 Å². The van der Waals surface area contributed by atoms with E-state index in [1.807, 2.05) is 19.1 Å². The maximum absolute atomic E-state index is 5.60. The third kappa shape index (κ3) is 2.41. The average Bonchev–Trinajstić information content (AvgIpc) is 2.34. The maximum Gasteiger partial charge on any atom is 0.124 e. The standard InChI is InChI=1S/C8H11NO.ClH/c1-3-7(9)8-5-4-6(2)10-8;/h3-5,7H,1,9H2,2H3;1H/t7-;/m0./s1. The lowest BCUT2D eigenvalue weighted by Gasteiger charge is -1.98. The molecule has 0 aliphatic heterocycles. The van der Waals surface area contributed by atoms with Crippen LogP contribution in [-0.4, -0.2) is 0 Å². The Labute approximate surface area is 72.5 Å². The molecule has 0 aliphatic rings. The first-order chi connectivity index (χ1) is 4.74. The van der Waals surface area contributed by atoms with Crippen molar-refractivity contribution >= 4 is 12.4 Å². The van der Waals surface area contributed by atoms with E-state index in [0.717, 1.165) is 11.5 Å². The largest absolute Gasteiger partial charge is 0.464 e. The second-order valence-corrected chi connectivity index (χ2v) is 2.21. The number of hydrogen-bond acceptors (Lipinski definition) is 2. The van der Waals surface area contributed by atoms with Gasteiger partial charge in [0.1, 0.15) is 11.5 Å². The van der Waals surface area contributed by atoms with Crippen molar-refractivity contribution in [3.05, 3.63) is 36.3 Å². The summed E-state index contributed by atoms with van der Waals surface area (Å²) in [5, 5.41) is 0. The Balaban J connectivity index is 0.000001000. The second kappa shape index (κ2) is 4.21. The lowest BCUT2D eigenvalue weighted by Crippen LogP contribution is -2.04. The summed E-state index contributed by atoms with van der Waals surface area (Å²) in [6, 6.07) is 3.58. The maximum atomic E-state index is 5.60. The number of furan rings is 1. The highest BCUT2D eigenvalue weighted by atomic mass is 35.5. The van der Waals surface area contributed by atoms with Crippen molar-refractivity contribution in [2.45, 2.75) is 13.0 Å². The molecule has 2 nitrogen and oxygen atoms in total. The topological polar surface area (TPSA) is 39.2 Å². The van der Waals surface area contributed by atoms with Crippen molar-refractivity contribution in [2.24, 2.45) is 5.73 Å². The van der Waals surface area contributed by atoms with Gasteiger partial charge >= 0.3 is 0 Å². The highest BCUT2D eigenvalue weighted by molar-refractivity contribution is 5.85. The summed E-state index contributed by atoms with van der Waals surface area (Å²) < 4.78 is 5.24.